The second kappa shape index (κ2) is 16.9. The molecule has 1 aromatic carbocycles. The largest absolute Gasteiger partial charge is 1.00 e. The first-order chi connectivity index (χ1) is 13.8. The van der Waals surface area contributed by atoms with Crippen LogP contribution in [0.2, 0.25) is 0 Å². The Bertz CT molecular complexity index is 687. The van der Waals surface area contributed by atoms with Crippen molar-refractivity contribution in [2.75, 3.05) is 19.8 Å². The molecular formula is C22H30NO6Rb. The van der Waals surface area contributed by atoms with Gasteiger partial charge in [-0.25, -0.2) is 0 Å². The topological polar surface area (TPSA) is 101 Å². The molecule has 0 aliphatic heterocycles. The molecule has 1 amide bonds. The van der Waals surface area contributed by atoms with Gasteiger partial charge in [0.05, 0.1) is 32.1 Å². The summed E-state index contributed by atoms with van der Waals surface area (Å²) in [4.78, 5) is 45.7. The maximum atomic E-state index is 11.7. The van der Waals surface area contributed by atoms with Crippen molar-refractivity contribution < 1.29 is 86.8 Å². The van der Waals surface area contributed by atoms with Gasteiger partial charge in [-0.05, 0) is 18.4 Å². The molecule has 0 spiro atoms. The molecule has 0 aliphatic carbocycles. The number of carbonyl (C=O) groups is 4. The van der Waals surface area contributed by atoms with Crippen LogP contribution in [0.3, 0.4) is 0 Å². The first-order valence-corrected chi connectivity index (χ1v) is 9.79. The zero-order valence-corrected chi connectivity index (χ0v) is 23.4. The van der Waals surface area contributed by atoms with Crippen LogP contribution < -0.4 is 58.2 Å². The number of rotatable bonds is 14. The summed E-state index contributed by atoms with van der Waals surface area (Å²) in [6.07, 6.45) is 1.09. The molecular weight excluding hydrogens is 460 g/mol. The van der Waals surface area contributed by atoms with E-state index in [1.165, 1.54) is 6.92 Å². The molecule has 0 aromatic heterocycles. The van der Waals surface area contributed by atoms with E-state index < -0.39 is 0 Å². The third kappa shape index (κ3) is 15.1. The van der Waals surface area contributed by atoms with Gasteiger partial charge < -0.3 is 19.6 Å². The van der Waals surface area contributed by atoms with Crippen LogP contribution in [0.4, 0.5) is 0 Å². The van der Waals surface area contributed by atoms with Crippen molar-refractivity contribution in [3.05, 3.63) is 40.7 Å². The molecule has 0 aliphatic rings. The fourth-order valence-corrected chi connectivity index (χ4v) is 2.45. The van der Waals surface area contributed by atoms with Gasteiger partial charge in [0, 0.05) is 19.3 Å². The Morgan fingerprint density at radius 1 is 1.00 bits per heavy atom. The predicted octanol–water partition coefficient (Wildman–Crippen LogP) is 0.178. The zero-order valence-electron chi connectivity index (χ0n) is 18.4. The van der Waals surface area contributed by atoms with Crippen molar-refractivity contribution in [3.8, 4) is 0 Å². The Labute approximate surface area is 227 Å². The van der Waals surface area contributed by atoms with Crippen molar-refractivity contribution in [3.63, 3.8) is 0 Å². The van der Waals surface area contributed by atoms with Gasteiger partial charge >= 0.3 is 64.2 Å². The van der Waals surface area contributed by atoms with E-state index in [0.29, 0.717) is 19.4 Å². The molecule has 0 N–H and O–H groups in total. The third-order valence-electron chi connectivity index (χ3n) is 3.80. The van der Waals surface area contributed by atoms with Gasteiger partial charge in [-0.1, -0.05) is 43.7 Å². The Hall–Kier alpha value is -0.735. The average Bonchev–Trinajstić information content (AvgIpc) is 2.62. The van der Waals surface area contributed by atoms with E-state index in [1.54, 1.807) is 24.3 Å². The van der Waals surface area contributed by atoms with Gasteiger partial charge in [-0.2, -0.15) is 0 Å². The molecule has 0 saturated heterocycles. The molecule has 0 fully saturated rings. The van der Waals surface area contributed by atoms with Crippen LogP contribution >= 0.6 is 0 Å². The molecule has 0 unspecified atom stereocenters. The van der Waals surface area contributed by atoms with Gasteiger partial charge in [0.15, 0.2) is 0 Å². The number of ketones is 2. The van der Waals surface area contributed by atoms with E-state index >= 15 is 0 Å². The number of amides is 1. The monoisotopic (exact) mass is 489 g/mol. The molecule has 7 nitrogen and oxygen atoms in total. The SMILES string of the molecule is CC(=O)CC(=O)Cc1ccc(C[N-]C(=O)COCCCOC(=O)CC(C)C)cc1.[Rb+]. The van der Waals surface area contributed by atoms with E-state index in [-0.39, 0.29) is 120 Å². The minimum absolute atomic E-state index is 0. The summed E-state index contributed by atoms with van der Waals surface area (Å²) in [5, 5.41) is 3.94. The third-order valence-corrected chi connectivity index (χ3v) is 3.80. The molecule has 1 rings (SSSR count). The van der Waals surface area contributed by atoms with E-state index in [4.69, 9.17) is 9.47 Å². The summed E-state index contributed by atoms with van der Waals surface area (Å²) < 4.78 is 10.3. The predicted molar refractivity (Wildman–Crippen MR) is 108 cm³/mol. The van der Waals surface area contributed by atoms with Crippen LogP contribution in [0.5, 0.6) is 0 Å². The van der Waals surface area contributed by atoms with E-state index in [1.807, 2.05) is 13.8 Å². The van der Waals surface area contributed by atoms with E-state index in [9.17, 15) is 19.2 Å². The number of nitrogens with zero attached hydrogens (tertiary/aromatic N) is 1. The molecule has 0 radical (unpaired) electrons. The van der Waals surface area contributed by atoms with E-state index in [2.05, 4.69) is 5.32 Å². The standard InChI is InChI=1S/C22H31NO6.Rb/c1-16(2)11-22(27)29-10-4-9-28-15-21(26)23-14-19-7-5-18(6-8-19)13-20(25)12-17(3)24;/h5-8,16H,4,9-15H2,1-3H3,(H,23,26);/q;+1/p-1. The molecule has 160 valence electrons. The van der Waals surface area contributed by atoms with Crippen molar-refractivity contribution in [2.24, 2.45) is 5.92 Å². The number of hydrogen-bond acceptors (Lipinski definition) is 6. The maximum Gasteiger partial charge on any atom is 1.00 e. The average molecular weight is 490 g/mol. The fraction of sp³-hybridized carbons (Fsp3) is 0.545. The van der Waals surface area contributed by atoms with Gasteiger partial charge in [-0.3, -0.25) is 14.4 Å². The first kappa shape index (κ1) is 29.3. The van der Waals surface area contributed by atoms with Crippen LogP contribution in [0, 0.1) is 5.92 Å². The summed E-state index contributed by atoms with van der Waals surface area (Å²) in [7, 11) is 0. The first-order valence-electron chi connectivity index (χ1n) is 9.79. The van der Waals surface area contributed by atoms with E-state index in [0.717, 1.165) is 11.1 Å². The number of hydrogen-bond donors (Lipinski definition) is 0. The Morgan fingerprint density at radius 3 is 2.23 bits per heavy atom. The second-order valence-electron chi connectivity index (χ2n) is 7.35. The number of ether oxygens (including phenoxy) is 2. The summed E-state index contributed by atoms with van der Waals surface area (Å²) in [5.41, 5.74) is 1.67. The normalized spacial score (nSPS) is 10.3. The number of benzene rings is 1. The van der Waals surface area contributed by atoms with Crippen LogP contribution in [-0.4, -0.2) is 43.3 Å². The molecule has 0 bridgehead atoms. The number of esters is 1. The summed E-state index contributed by atoms with van der Waals surface area (Å²) in [5.74, 6) is -0.568. The second-order valence-corrected chi connectivity index (χ2v) is 7.35. The summed E-state index contributed by atoms with van der Waals surface area (Å²) >= 11 is 0. The molecule has 0 saturated carbocycles. The smallest absolute Gasteiger partial charge is 0.648 e. The zero-order chi connectivity index (χ0) is 21.6. The minimum Gasteiger partial charge on any atom is -0.648 e. The van der Waals surface area contributed by atoms with Gasteiger partial charge in [0.1, 0.15) is 11.6 Å². The quantitative estimate of drug-likeness (QED) is 0.210. The van der Waals surface area contributed by atoms with Crippen LogP contribution in [0.25, 0.3) is 5.32 Å². The minimum atomic E-state index is -0.359. The fourth-order valence-electron chi connectivity index (χ4n) is 2.45. The molecule has 30 heavy (non-hydrogen) atoms. The maximum absolute atomic E-state index is 11.7. The van der Waals surface area contributed by atoms with Crippen molar-refractivity contribution in [2.45, 2.75) is 53.0 Å². The molecule has 0 heterocycles. The van der Waals surface area contributed by atoms with Gasteiger partial charge in [0.2, 0.25) is 0 Å². The van der Waals surface area contributed by atoms with Crippen LogP contribution in [-0.2, 0) is 41.6 Å². The van der Waals surface area contributed by atoms with Gasteiger partial charge in [-0.15, -0.1) is 6.54 Å². The Morgan fingerprint density at radius 2 is 1.63 bits per heavy atom. The molecule has 0 atom stereocenters. The Balaban J connectivity index is 0.00000841. The summed E-state index contributed by atoms with van der Waals surface area (Å²) in [6.45, 7) is 6.01. The number of carbonyl (C=O) groups excluding carboxylic acids is 4. The van der Waals surface area contributed by atoms with Crippen LogP contribution in [0.1, 0.15) is 51.2 Å². The van der Waals surface area contributed by atoms with Crippen LogP contribution in [0.15, 0.2) is 24.3 Å². The van der Waals surface area contributed by atoms with Crippen molar-refractivity contribution >= 4 is 23.4 Å². The van der Waals surface area contributed by atoms with Crippen molar-refractivity contribution in [1.29, 1.82) is 0 Å². The molecule has 8 heteroatoms. The Kier molecular flexibility index (Phi) is 16.5. The van der Waals surface area contributed by atoms with Crippen molar-refractivity contribution in [1.82, 2.24) is 0 Å². The molecule has 1 aromatic rings. The van der Waals surface area contributed by atoms with Gasteiger partial charge in [0.25, 0.3) is 0 Å². The number of Topliss-reactive ketones (excluding diaryl/α,β-unsaturated/α-hetero) is 2. The summed E-state index contributed by atoms with van der Waals surface area (Å²) in [6, 6.07) is 7.20.